The van der Waals surface area contributed by atoms with Gasteiger partial charge in [-0.2, -0.15) is 0 Å². The Kier molecular flexibility index (Phi) is 6.90. The number of nitrogen functional groups attached to an aromatic ring is 1. The first-order chi connectivity index (χ1) is 13.9. The molecule has 0 unspecified atom stereocenters. The van der Waals surface area contributed by atoms with Crippen LogP contribution >= 0.6 is 0 Å². The number of hydrogen-bond acceptors (Lipinski definition) is 4. The number of anilines is 1. The zero-order valence-electron chi connectivity index (χ0n) is 17.5. The van der Waals surface area contributed by atoms with E-state index in [2.05, 4.69) is 27.0 Å². The molecule has 3 rings (SSSR count). The van der Waals surface area contributed by atoms with E-state index in [1.807, 2.05) is 24.0 Å². The summed E-state index contributed by atoms with van der Waals surface area (Å²) in [5.74, 6) is 1.19. The van der Waals surface area contributed by atoms with Crippen molar-refractivity contribution >= 4 is 23.8 Å². The zero-order chi connectivity index (χ0) is 20.9. The molecular weight excluding hydrogens is 366 g/mol. The number of amides is 1. The Labute approximate surface area is 173 Å². The molecule has 0 bridgehead atoms. The fraction of sp³-hybridized carbons (Fsp3) is 0.591. The molecule has 0 spiro atoms. The maximum absolute atomic E-state index is 12.8. The molecule has 2 fully saturated rings. The van der Waals surface area contributed by atoms with Crippen molar-refractivity contribution in [3.63, 3.8) is 0 Å². The largest absolute Gasteiger partial charge is 0.399 e. The lowest BCUT2D eigenvalue weighted by atomic mass is 9.74. The van der Waals surface area contributed by atoms with Crippen molar-refractivity contribution < 1.29 is 9.90 Å². The van der Waals surface area contributed by atoms with Gasteiger partial charge >= 0.3 is 0 Å². The number of nitrogens with zero attached hydrogens (tertiary/aromatic N) is 4. The lowest BCUT2D eigenvalue weighted by Crippen LogP contribution is -2.52. The number of benzene rings is 1. The highest BCUT2D eigenvalue weighted by Crippen LogP contribution is 2.40. The van der Waals surface area contributed by atoms with Crippen molar-refractivity contribution in [3.05, 3.63) is 29.8 Å². The third-order valence-corrected chi connectivity index (χ3v) is 6.16. The number of carbonyl (C=O) groups is 1. The van der Waals surface area contributed by atoms with E-state index in [0.29, 0.717) is 50.9 Å². The van der Waals surface area contributed by atoms with E-state index in [0.717, 1.165) is 18.5 Å². The Bertz CT molecular complexity index is 743. The molecule has 1 saturated carbocycles. The molecule has 1 amide bonds. The number of nitrogens with two attached hydrogens (primary N) is 1. The average Bonchev–Trinajstić information content (AvgIpc) is 2.73. The molecule has 1 aliphatic carbocycles. The van der Waals surface area contributed by atoms with Gasteiger partial charge in [0.2, 0.25) is 11.9 Å². The molecule has 7 nitrogen and oxygen atoms in total. The molecule has 158 valence electrons. The molecule has 0 aromatic heterocycles. The maximum atomic E-state index is 12.8. The highest BCUT2D eigenvalue weighted by atomic mass is 16.3. The second-order valence-electron chi connectivity index (χ2n) is 8.12. The van der Waals surface area contributed by atoms with Gasteiger partial charge in [0, 0.05) is 45.1 Å². The predicted octanol–water partition coefficient (Wildman–Crippen LogP) is 2.27. The first-order valence-corrected chi connectivity index (χ1v) is 10.5. The quantitative estimate of drug-likeness (QED) is 0.463. The van der Waals surface area contributed by atoms with Crippen LogP contribution < -0.4 is 5.73 Å². The fourth-order valence-corrected chi connectivity index (χ4v) is 4.38. The Balaban J connectivity index is 1.49. The van der Waals surface area contributed by atoms with Crippen LogP contribution in [0.1, 0.15) is 50.5 Å². The third kappa shape index (κ3) is 5.35. The normalized spacial score (nSPS) is 26.2. The lowest BCUT2D eigenvalue weighted by molar-refractivity contribution is -0.139. The van der Waals surface area contributed by atoms with Crippen molar-refractivity contribution in [2.45, 2.75) is 50.5 Å². The van der Waals surface area contributed by atoms with Gasteiger partial charge in [-0.05, 0) is 56.2 Å². The maximum Gasteiger partial charge on any atom is 0.225 e. The molecule has 1 saturated heterocycles. The van der Waals surface area contributed by atoms with Gasteiger partial charge in [0.1, 0.15) is 0 Å². The van der Waals surface area contributed by atoms with Gasteiger partial charge in [-0.25, -0.2) is 4.99 Å². The van der Waals surface area contributed by atoms with Crippen LogP contribution in [-0.2, 0) is 4.79 Å². The first kappa shape index (κ1) is 21.3. The summed E-state index contributed by atoms with van der Waals surface area (Å²) in [5, 5.41) is 11.0. The Morgan fingerprint density at radius 2 is 1.76 bits per heavy atom. The summed E-state index contributed by atoms with van der Waals surface area (Å²) in [6, 6.07) is 8.01. The SMILES string of the molecule is C/C=N\C(=NC)N1CCN(C(=O)C[C@]2(O)CC[C@@H](c3ccc(N)cc3)CC2)CC1. The number of aliphatic hydroxyl groups is 1. The number of piperazine rings is 1. The molecule has 7 heteroatoms. The van der Waals surface area contributed by atoms with Crippen LogP contribution in [0.25, 0.3) is 0 Å². The number of carbonyl (C=O) groups excluding carboxylic acids is 1. The first-order valence-electron chi connectivity index (χ1n) is 10.5. The van der Waals surface area contributed by atoms with E-state index >= 15 is 0 Å². The summed E-state index contributed by atoms with van der Waals surface area (Å²) in [7, 11) is 1.73. The van der Waals surface area contributed by atoms with Crippen molar-refractivity contribution in [2.24, 2.45) is 9.98 Å². The van der Waals surface area contributed by atoms with E-state index < -0.39 is 5.60 Å². The summed E-state index contributed by atoms with van der Waals surface area (Å²) >= 11 is 0. The van der Waals surface area contributed by atoms with Gasteiger partial charge in [-0.1, -0.05) is 12.1 Å². The van der Waals surface area contributed by atoms with Gasteiger partial charge in [0.25, 0.3) is 0 Å². The molecule has 1 heterocycles. The minimum absolute atomic E-state index is 0.0482. The number of aliphatic imine (C=N–C) groups is 2. The van der Waals surface area contributed by atoms with Crippen molar-refractivity contribution in [3.8, 4) is 0 Å². The summed E-state index contributed by atoms with van der Waals surface area (Å²) in [6.07, 6.45) is 5.05. The molecule has 29 heavy (non-hydrogen) atoms. The van der Waals surface area contributed by atoms with Crippen LogP contribution in [0.4, 0.5) is 5.69 Å². The Morgan fingerprint density at radius 3 is 2.31 bits per heavy atom. The van der Waals surface area contributed by atoms with Crippen LogP contribution in [0.5, 0.6) is 0 Å². The zero-order valence-corrected chi connectivity index (χ0v) is 17.5. The molecular formula is C22H33N5O2. The van der Waals surface area contributed by atoms with Crippen molar-refractivity contribution in [1.82, 2.24) is 9.80 Å². The second-order valence-corrected chi connectivity index (χ2v) is 8.12. The highest BCUT2D eigenvalue weighted by Gasteiger charge is 2.37. The van der Waals surface area contributed by atoms with E-state index in [4.69, 9.17) is 5.73 Å². The van der Waals surface area contributed by atoms with E-state index in [1.54, 1.807) is 13.3 Å². The van der Waals surface area contributed by atoms with E-state index in [9.17, 15) is 9.90 Å². The van der Waals surface area contributed by atoms with E-state index in [1.165, 1.54) is 5.56 Å². The lowest BCUT2D eigenvalue weighted by Gasteiger charge is -2.39. The van der Waals surface area contributed by atoms with Gasteiger partial charge < -0.3 is 20.6 Å². The molecule has 0 atom stereocenters. The Morgan fingerprint density at radius 1 is 1.17 bits per heavy atom. The standard InChI is InChI=1S/C22H33N5O2/c1-3-25-21(24-2)27-14-12-26(13-15-27)20(28)16-22(29)10-8-18(9-11-22)17-4-6-19(23)7-5-17/h3-7,18,29H,8-16,23H2,1-2H3/b24-21?,25-3-/t18-,22+. The van der Waals surface area contributed by atoms with E-state index in [-0.39, 0.29) is 12.3 Å². The van der Waals surface area contributed by atoms with Gasteiger partial charge in [-0.15, -0.1) is 0 Å². The molecule has 2 aliphatic rings. The third-order valence-electron chi connectivity index (χ3n) is 6.16. The minimum atomic E-state index is -0.888. The van der Waals surface area contributed by atoms with Crippen LogP contribution in [0.2, 0.25) is 0 Å². The van der Waals surface area contributed by atoms with Crippen molar-refractivity contribution in [1.29, 1.82) is 0 Å². The minimum Gasteiger partial charge on any atom is -0.399 e. The highest BCUT2D eigenvalue weighted by molar-refractivity contribution is 5.87. The van der Waals surface area contributed by atoms with Gasteiger partial charge in [0.05, 0.1) is 12.0 Å². The summed E-state index contributed by atoms with van der Waals surface area (Å²) in [6.45, 7) is 4.58. The van der Waals surface area contributed by atoms with Crippen molar-refractivity contribution in [2.75, 3.05) is 39.0 Å². The van der Waals surface area contributed by atoms with Crippen LogP contribution in [-0.4, -0.2) is 71.8 Å². The topological polar surface area (TPSA) is 94.5 Å². The summed E-state index contributed by atoms with van der Waals surface area (Å²) in [4.78, 5) is 25.2. The van der Waals surface area contributed by atoms with Crippen LogP contribution in [0.3, 0.4) is 0 Å². The average molecular weight is 400 g/mol. The number of rotatable bonds is 3. The number of guanidine groups is 1. The number of hydrogen-bond donors (Lipinski definition) is 2. The smallest absolute Gasteiger partial charge is 0.225 e. The summed E-state index contributed by atoms with van der Waals surface area (Å²) < 4.78 is 0. The summed E-state index contributed by atoms with van der Waals surface area (Å²) in [5.41, 5.74) is 6.93. The Hall–Kier alpha value is -2.41. The second kappa shape index (κ2) is 9.39. The molecule has 3 N–H and O–H groups in total. The predicted molar refractivity (Wildman–Crippen MR) is 117 cm³/mol. The van der Waals surface area contributed by atoms with Crippen LogP contribution in [0.15, 0.2) is 34.3 Å². The molecule has 1 aromatic rings. The molecule has 1 aliphatic heterocycles. The molecule has 0 radical (unpaired) electrons. The van der Waals surface area contributed by atoms with Crippen LogP contribution in [0, 0.1) is 0 Å². The molecule has 1 aromatic carbocycles. The fourth-order valence-electron chi connectivity index (χ4n) is 4.38. The van der Waals surface area contributed by atoms with Gasteiger partial charge in [0.15, 0.2) is 0 Å². The van der Waals surface area contributed by atoms with Gasteiger partial charge in [-0.3, -0.25) is 9.79 Å². The monoisotopic (exact) mass is 399 g/mol.